The molecule has 0 amide bonds. The highest BCUT2D eigenvalue weighted by Crippen LogP contribution is 2.43. The number of piperazine rings is 1. The number of benzene rings is 3. The summed E-state index contributed by atoms with van der Waals surface area (Å²) in [6.07, 6.45) is 1.24. The van der Waals surface area contributed by atoms with Crippen molar-refractivity contribution in [2.24, 2.45) is 0 Å². The molecule has 0 spiro atoms. The first kappa shape index (κ1) is 29.5. The van der Waals surface area contributed by atoms with Crippen LogP contribution in [0, 0.1) is 0 Å². The number of hydrogen-bond acceptors (Lipinski definition) is 6. The minimum absolute atomic E-state index is 0. The van der Waals surface area contributed by atoms with Gasteiger partial charge in [-0.15, -0.1) is 24.8 Å². The van der Waals surface area contributed by atoms with Crippen molar-refractivity contribution in [3.05, 3.63) is 89.5 Å². The molecule has 1 aliphatic carbocycles. The lowest BCUT2D eigenvalue weighted by Gasteiger charge is -2.37. The molecule has 1 aliphatic heterocycles. The second kappa shape index (κ2) is 12.7. The van der Waals surface area contributed by atoms with Crippen LogP contribution in [0.4, 0.5) is 5.69 Å². The molecule has 3 aromatic rings. The van der Waals surface area contributed by atoms with Gasteiger partial charge in [-0.1, -0.05) is 48.5 Å². The highest BCUT2D eigenvalue weighted by atomic mass is 35.5. The summed E-state index contributed by atoms with van der Waals surface area (Å²) in [6, 6.07) is 22.7. The number of hydrogen-bond donors (Lipinski definition) is 0. The van der Waals surface area contributed by atoms with Crippen LogP contribution in [0.25, 0.3) is 0 Å². The van der Waals surface area contributed by atoms with E-state index in [2.05, 4.69) is 15.9 Å². The third-order valence-corrected chi connectivity index (χ3v) is 7.60. The van der Waals surface area contributed by atoms with Crippen molar-refractivity contribution >= 4 is 42.1 Å². The quantitative estimate of drug-likeness (QED) is 0.343. The van der Waals surface area contributed by atoms with Crippen LogP contribution in [0.1, 0.15) is 39.1 Å². The molecule has 38 heavy (non-hydrogen) atoms. The van der Waals surface area contributed by atoms with Gasteiger partial charge >= 0.3 is 0 Å². The van der Waals surface area contributed by atoms with Gasteiger partial charge in [0.05, 0.1) is 19.9 Å². The first-order valence-electron chi connectivity index (χ1n) is 12.5. The highest BCUT2D eigenvalue weighted by Gasteiger charge is 2.53. The van der Waals surface area contributed by atoms with Gasteiger partial charge in [-0.3, -0.25) is 14.5 Å². The Morgan fingerprint density at radius 1 is 0.737 bits per heavy atom. The maximum absolute atomic E-state index is 13.7. The van der Waals surface area contributed by atoms with Crippen molar-refractivity contribution in [1.29, 1.82) is 0 Å². The van der Waals surface area contributed by atoms with Crippen LogP contribution in [-0.2, 0) is 5.41 Å². The van der Waals surface area contributed by atoms with E-state index in [1.807, 2.05) is 54.6 Å². The molecular formula is C30H34Cl2N2O4. The van der Waals surface area contributed by atoms with Crippen LogP contribution in [-0.4, -0.2) is 63.4 Å². The Balaban J connectivity index is 0.00000200. The predicted octanol–water partition coefficient (Wildman–Crippen LogP) is 5.47. The Morgan fingerprint density at radius 3 is 1.89 bits per heavy atom. The number of halogens is 2. The summed E-state index contributed by atoms with van der Waals surface area (Å²) >= 11 is 0. The van der Waals surface area contributed by atoms with Gasteiger partial charge in [-0.05, 0) is 49.2 Å². The number of methoxy groups -OCH3 is 2. The molecule has 1 fully saturated rings. The molecule has 0 bridgehead atoms. The number of anilines is 1. The third kappa shape index (κ3) is 5.26. The molecule has 8 heteroatoms. The molecule has 0 aromatic heterocycles. The molecular weight excluding hydrogens is 523 g/mol. The van der Waals surface area contributed by atoms with Crippen molar-refractivity contribution in [3.63, 3.8) is 0 Å². The van der Waals surface area contributed by atoms with E-state index in [1.54, 1.807) is 26.4 Å². The van der Waals surface area contributed by atoms with E-state index < -0.39 is 5.41 Å². The fourth-order valence-corrected chi connectivity index (χ4v) is 5.62. The summed E-state index contributed by atoms with van der Waals surface area (Å²) in [5.41, 5.74) is 1.76. The molecule has 0 saturated carbocycles. The summed E-state index contributed by atoms with van der Waals surface area (Å²) in [6.45, 7) is 4.51. The number of Topliss-reactive ketones (excluding diaryl/α,β-unsaturated/α-hetero) is 2. The largest absolute Gasteiger partial charge is 0.497 e. The zero-order valence-corrected chi connectivity index (χ0v) is 23.4. The number of ether oxygens (including phenoxy) is 2. The van der Waals surface area contributed by atoms with Gasteiger partial charge in [0.1, 0.15) is 16.9 Å². The topological polar surface area (TPSA) is 59.1 Å². The maximum atomic E-state index is 13.7. The zero-order valence-electron chi connectivity index (χ0n) is 21.7. The van der Waals surface area contributed by atoms with E-state index in [-0.39, 0.29) is 36.4 Å². The van der Waals surface area contributed by atoms with Crippen LogP contribution in [0.15, 0.2) is 72.8 Å². The lowest BCUT2D eigenvalue weighted by Crippen LogP contribution is -2.47. The van der Waals surface area contributed by atoms with Crippen molar-refractivity contribution in [1.82, 2.24) is 4.90 Å². The van der Waals surface area contributed by atoms with E-state index >= 15 is 0 Å². The van der Waals surface area contributed by atoms with E-state index in [1.165, 1.54) is 0 Å². The second-order valence-corrected chi connectivity index (χ2v) is 9.44. The Hall–Kier alpha value is -3.06. The molecule has 0 radical (unpaired) electrons. The molecule has 1 heterocycles. The average molecular weight is 558 g/mol. The number of carbonyl (C=O) groups excluding carboxylic acids is 2. The monoisotopic (exact) mass is 556 g/mol. The van der Waals surface area contributed by atoms with Gasteiger partial charge in [-0.25, -0.2) is 0 Å². The molecule has 0 unspecified atom stereocenters. The Labute approximate surface area is 236 Å². The molecule has 3 aromatic carbocycles. The molecule has 5 rings (SSSR count). The molecule has 202 valence electrons. The number of carbonyl (C=O) groups is 2. The van der Waals surface area contributed by atoms with Crippen LogP contribution < -0.4 is 14.4 Å². The molecule has 0 atom stereocenters. The number of nitrogens with zero attached hydrogens (tertiary/aromatic N) is 2. The normalized spacial score (nSPS) is 16.3. The van der Waals surface area contributed by atoms with Crippen LogP contribution in [0.3, 0.4) is 0 Å². The van der Waals surface area contributed by atoms with Crippen molar-refractivity contribution in [2.45, 2.75) is 18.3 Å². The van der Waals surface area contributed by atoms with Crippen LogP contribution in [0.5, 0.6) is 11.5 Å². The summed E-state index contributed by atoms with van der Waals surface area (Å²) in [4.78, 5) is 32.3. The maximum Gasteiger partial charge on any atom is 0.181 e. The third-order valence-electron chi connectivity index (χ3n) is 7.60. The van der Waals surface area contributed by atoms with Gasteiger partial charge in [0.2, 0.25) is 0 Å². The SMILES string of the molecule is COc1ccc(C2(CCCN3CCN(c4ccccc4OC)CC3)C(=O)c3ccccc3C2=O)cc1.Cl.Cl. The van der Waals surface area contributed by atoms with Crippen LogP contribution in [0.2, 0.25) is 0 Å². The molecule has 2 aliphatic rings. The molecule has 0 N–H and O–H groups in total. The lowest BCUT2D eigenvalue weighted by molar-refractivity contribution is 0.0777. The summed E-state index contributed by atoms with van der Waals surface area (Å²) < 4.78 is 10.8. The van der Waals surface area contributed by atoms with Crippen molar-refractivity contribution in [2.75, 3.05) is 51.8 Å². The summed E-state index contributed by atoms with van der Waals surface area (Å²) in [7, 11) is 3.32. The minimum Gasteiger partial charge on any atom is -0.497 e. The van der Waals surface area contributed by atoms with Gasteiger partial charge in [-0.2, -0.15) is 0 Å². The predicted molar refractivity (Wildman–Crippen MR) is 155 cm³/mol. The highest BCUT2D eigenvalue weighted by molar-refractivity contribution is 6.33. The van der Waals surface area contributed by atoms with Crippen LogP contribution >= 0.6 is 24.8 Å². The summed E-state index contributed by atoms with van der Waals surface area (Å²) in [5, 5.41) is 0. The first-order valence-corrected chi connectivity index (χ1v) is 12.5. The van der Waals surface area contributed by atoms with Gasteiger partial charge in [0, 0.05) is 37.3 Å². The zero-order chi connectivity index (χ0) is 25.1. The number of ketones is 2. The van der Waals surface area contributed by atoms with E-state index in [9.17, 15) is 9.59 Å². The van der Waals surface area contributed by atoms with E-state index in [0.717, 1.165) is 56.1 Å². The minimum atomic E-state index is -1.17. The number of fused-ring (bicyclic) bond motifs is 1. The van der Waals surface area contributed by atoms with Crippen molar-refractivity contribution < 1.29 is 19.1 Å². The number of rotatable bonds is 8. The standard InChI is InChI=1S/C30H32N2O4.2ClH/c1-35-23-14-12-22(13-15-23)30(28(33)24-8-3-4-9-25(24)29(30)34)16-7-17-31-18-20-32(21-19-31)26-10-5-6-11-27(26)36-2;;/h3-6,8-15H,7,16-21H2,1-2H3;2*1H. The fourth-order valence-electron chi connectivity index (χ4n) is 5.62. The van der Waals surface area contributed by atoms with E-state index in [4.69, 9.17) is 9.47 Å². The van der Waals surface area contributed by atoms with Gasteiger partial charge in [0.15, 0.2) is 11.6 Å². The Kier molecular flexibility index (Phi) is 9.82. The van der Waals surface area contributed by atoms with E-state index in [0.29, 0.717) is 23.3 Å². The lowest BCUT2D eigenvalue weighted by atomic mass is 9.72. The fraction of sp³-hybridized carbons (Fsp3) is 0.333. The molecule has 6 nitrogen and oxygen atoms in total. The Bertz CT molecular complexity index is 1220. The van der Waals surface area contributed by atoms with Crippen molar-refractivity contribution in [3.8, 4) is 11.5 Å². The Morgan fingerprint density at radius 2 is 1.32 bits per heavy atom. The molecule has 1 saturated heterocycles. The number of para-hydroxylation sites is 2. The van der Waals surface area contributed by atoms with Gasteiger partial charge in [0.25, 0.3) is 0 Å². The summed E-state index contributed by atoms with van der Waals surface area (Å²) in [5.74, 6) is 1.42. The van der Waals surface area contributed by atoms with Gasteiger partial charge < -0.3 is 14.4 Å². The average Bonchev–Trinajstić information content (AvgIpc) is 3.16. The second-order valence-electron chi connectivity index (χ2n) is 9.44. The first-order chi connectivity index (χ1) is 17.6. The smallest absolute Gasteiger partial charge is 0.181 e.